The highest BCUT2D eigenvalue weighted by atomic mass is 16.6. The molecule has 8 heteroatoms. The Kier molecular flexibility index (Phi) is 4.06. The first-order valence-electron chi connectivity index (χ1n) is 5.89. The molecule has 1 fully saturated rings. The van der Waals surface area contributed by atoms with Gasteiger partial charge in [0.1, 0.15) is 24.4 Å². The fraction of sp³-hybridized carbons (Fsp3) is 0.500. The summed E-state index contributed by atoms with van der Waals surface area (Å²) in [6.45, 7) is -0.561. The lowest BCUT2D eigenvalue weighted by atomic mass is 10.0. The molecule has 1 aromatic rings. The molecular formula is C12H14N2O6. The van der Waals surface area contributed by atoms with Crippen LogP contribution in [-0.4, -0.2) is 49.8 Å². The Bertz CT molecular complexity index is 643. The van der Waals surface area contributed by atoms with Gasteiger partial charge in [0.15, 0.2) is 0 Å². The molecule has 1 saturated heterocycles. The van der Waals surface area contributed by atoms with Gasteiger partial charge in [-0.15, -0.1) is 6.42 Å². The number of nitrogens with one attached hydrogen (secondary N) is 1. The summed E-state index contributed by atoms with van der Waals surface area (Å²) in [6, 6.07) is 0. The summed E-state index contributed by atoms with van der Waals surface area (Å²) >= 11 is 0. The van der Waals surface area contributed by atoms with Crippen LogP contribution in [0, 0.1) is 12.3 Å². The van der Waals surface area contributed by atoms with Gasteiger partial charge >= 0.3 is 5.69 Å². The van der Waals surface area contributed by atoms with Gasteiger partial charge in [0.25, 0.3) is 5.56 Å². The summed E-state index contributed by atoms with van der Waals surface area (Å²) < 4.78 is 6.31. The van der Waals surface area contributed by atoms with E-state index in [-0.39, 0.29) is 12.1 Å². The smallest absolute Gasteiger partial charge is 0.329 e. The van der Waals surface area contributed by atoms with E-state index in [1.54, 1.807) is 0 Å². The van der Waals surface area contributed by atoms with E-state index in [0.717, 1.165) is 4.57 Å². The van der Waals surface area contributed by atoms with E-state index in [9.17, 15) is 19.8 Å². The highest BCUT2D eigenvalue weighted by molar-refractivity contribution is 5.14. The molecule has 20 heavy (non-hydrogen) atoms. The van der Waals surface area contributed by atoms with Crippen molar-refractivity contribution in [1.82, 2.24) is 9.55 Å². The summed E-state index contributed by atoms with van der Waals surface area (Å²) in [4.78, 5) is 25.3. The van der Waals surface area contributed by atoms with E-state index in [1.807, 2.05) is 0 Å². The van der Waals surface area contributed by atoms with Crippen molar-refractivity contribution >= 4 is 0 Å². The van der Waals surface area contributed by atoms with E-state index in [1.165, 1.54) is 6.20 Å². The predicted octanol–water partition coefficient (Wildman–Crippen LogP) is -2.68. The maximum absolute atomic E-state index is 11.8. The van der Waals surface area contributed by atoms with E-state index < -0.39 is 42.3 Å². The fourth-order valence-corrected chi connectivity index (χ4v) is 2.10. The third kappa shape index (κ3) is 2.39. The standard InChI is InChI=1S/C12H14N2O6/c1-2-3-14-4-6(11(18)13-12(14)19)10-9(17)8(16)7(5-15)20-10/h1,4,7-10,15-17H,3,5H2,(H,13,18,19)/t7-,8+,9?,10+/m1/s1. The molecule has 0 radical (unpaired) electrons. The van der Waals surface area contributed by atoms with E-state index in [4.69, 9.17) is 16.3 Å². The number of aromatic nitrogens is 2. The highest BCUT2D eigenvalue weighted by Gasteiger charge is 2.44. The first kappa shape index (κ1) is 14.5. The van der Waals surface area contributed by atoms with Gasteiger partial charge in [-0.25, -0.2) is 4.79 Å². The quantitative estimate of drug-likeness (QED) is 0.448. The Morgan fingerprint density at radius 3 is 2.65 bits per heavy atom. The van der Waals surface area contributed by atoms with Crippen molar-refractivity contribution in [3.8, 4) is 12.3 Å². The highest BCUT2D eigenvalue weighted by Crippen LogP contribution is 2.31. The summed E-state index contributed by atoms with van der Waals surface area (Å²) in [6.07, 6.45) is 1.44. The van der Waals surface area contributed by atoms with Gasteiger partial charge in [-0.1, -0.05) is 5.92 Å². The lowest BCUT2D eigenvalue weighted by molar-refractivity contribution is -0.0233. The van der Waals surface area contributed by atoms with Crippen molar-refractivity contribution in [3.05, 3.63) is 32.6 Å². The van der Waals surface area contributed by atoms with Gasteiger partial charge < -0.3 is 20.1 Å². The summed E-state index contributed by atoms with van der Waals surface area (Å²) in [5.41, 5.74) is -1.45. The Hall–Kier alpha value is -1.92. The van der Waals surface area contributed by atoms with Crippen LogP contribution in [0.4, 0.5) is 0 Å². The third-order valence-corrected chi connectivity index (χ3v) is 3.15. The zero-order valence-corrected chi connectivity index (χ0v) is 10.4. The first-order valence-corrected chi connectivity index (χ1v) is 5.89. The van der Waals surface area contributed by atoms with Crippen molar-refractivity contribution < 1.29 is 20.1 Å². The Morgan fingerprint density at radius 1 is 1.40 bits per heavy atom. The maximum Gasteiger partial charge on any atom is 0.329 e. The molecule has 0 saturated carbocycles. The Balaban J connectivity index is 2.43. The number of rotatable bonds is 3. The largest absolute Gasteiger partial charge is 0.394 e. The summed E-state index contributed by atoms with van der Waals surface area (Å²) in [7, 11) is 0. The number of aromatic amines is 1. The number of terminal acetylenes is 1. The van der Waals surface area contributed by atoms with Crippen LogP contribution in [0.25, 0.3) is 0 Å². The van der Waals surface area contributed by atoms with Crippen molar-refractivity contribution in [2.45, 2.75) is 31.0 Å². The Labute approximate surface area is 113 Å². The van der Waals surface area contributed by atoms with Gasteiger partial charge in [-0.05, 0) is 0 Å². The molecule has 2 heterocycles. The molecule has 8 nitrogen and oxygen atoms in total. The summed E-state index contributed by atoms with van der Waals surface area (Å²) in [5, 5.41) is 28.5. The fourth-order valence-electron chi connectivity index (χ4n) is 2.10. The maximum atomic E-state index is 11.8. The van der Waals surface area contributed by atoms with Crippen LogP contribution >= 0.6 is 0 Å². The van der Waals surface area contributed by atoms with Crippen LogP contribution in [-0.2, 0) is 11.3 Å². The second kappa shape index (κ2) is 5.60. The van der Waals surface area contributed by atoms with E-state index >= 15 is 0 Å². The lowest BCUT2D eigenvalue weighted by Crippen LogP contribution is -2.36. The predicted molar refractivity (Wildman–Crippen MR) is 66.9 cm³/mol. The number of H-pyrrole nitrogens is 1. The van der Waals surface area contributed by atoms with Gasteiger partial charge in [0.2, 0.25) is 0 Å². The van der Waals surface area contributed by atoms with E-state index in [2.05, 4.69) is 10.9 Å². The van der Waals surface area contributed by atoms with Crippen molar-refractivity contribution in [2.24, 2.45) is 0 Å². The van der Waals surface area contributed by atoms with Crippen LogP contribution < -0.4 is 11.2 Å². The second-order valence-corrected chi connectivity index (χ2v) is 4.43. The zero-order chi connectivity index (χ0) is 14.9. The molecule has 0 amide bonds. The minimum atomic E-state index is -1.38. The van der Waals surface area contributed by atoms with Crippen LogP contribution in [0.15, 0.2) is 15.8 Å². The minimum Gasteiger partial charge on any atom is -0.394 e. The molecule has 0 aromatic carbocycles. The van der Waals surface area contributed by atoms with Crippen molar-refractivity contribution in [3.63, 3.8) is 0 Å². The molecule has 4 atom stereocenters. The number of hydrogen-bond acceptors (Lipinski definition) is 6. The van der Waals surface area contributed by atoms with Crippen LogP contribution in [0.3, 0.4) is 0 Å². The van der Waals surface area contributed by atoms with Crippen LogP contribution in [0.5, 0.6) is 0 Å². The van der Waals surface area contributed by atoms with Gasteiger partial charge in [0.05, 0.1) is 18.7 Å². The SMILES string of the molecule is C#CCn1cc([C@@H]2O[C@H](CO)[C@H](O)C2O)c(=O)[nH]c1=O. The number of hydrogen-bond donors (Lipinski definition) is 4. The molecule has 1 aromatic heterocycles. The average Bonchev–Trinajstić information content (AvgIpc) is 2.70. The van der Waals surface area contributed by atoms with Gasteiger partial charge in [0, 0.05) is 6.20 Å². The Morgan fingerprint density at radius 2 is 2.10 bits per heavy atom. The molecule has 108 valence electrons. The average molecular weight is 282 g/mol. The van der Waals surface area contributed by atoms with Crippen LogP contribution in [0.1, 0.15) is 11.7 Å². The number of aliphatic hydroxyl groups excluding tert-OH is 3. The molecule has 0 bridgehead atoms. The lowest BCUT2D eigenvalue weighted by Gasteiger charge is -2.14. The molecule has 2 rings (SSSR count). The topological polar surface area (TPSA) is 125 Å². The number of nitrogens with zero attached hydrogens (tertiary/aromatic N) is 1. The molecule has 1 unspecified atom stereocenters. The number of aliphatic hydroxyl groups is 3. The van der Waals surface area contributed by atoms with E-state index in [0.29, 0.717) is 0 Å². The molecule has 1 aliphatic rings. The monoisotopic (exact) mass is 282 g/mol. The van der Waals surface area contributed by atoms with Crippen molar-refractivity contribution in [1.29, 1.82) is 0 Å². The molecule has 4 N–H and O–H groups in total. The zero-order valence-electron chi connectivity index (χ0n) is 10.4. The molecular weight excluding hydrogens is 268 g/mol. The van der Waals surface area contributed by atoms with Gasteiger partial charge in [-0.2, -0.15) is 0 Å². The van der Waals surface area contributed by atoms with Gasteiger partial charge in [-0.3, -0.25) is 14.3 Å². The number of ether oxygens (including phenoxy) is 1. The normalized spacial score (nSPS) is 29.3. The first-order chi connectivity index (χ1) is 9.49. The third-order valence-electron chi connectivity index (χ3n) is 3.15. The van der Waals surface area contributed by atoms with Crippen molar-refractivity contribution in [2.75, 3.05) is 6.61 Å². The second-order valence-electron chi connectivity index (χ2n) is 4.43. The molecule has 0 spiro atoms. The van der Waals surface area contributed by atoms with Crippen LogP contribution in [0.2, 0.25) is 0 Å². The molecule has 1 aliphatic heterocycles. The molecule has 0 aliphatic carbocycles. The summed E-state index contributed by atoms with van der Waals surface area (Å²) in [5.74, 6) is 2.25. The minimum absolute atomic E-state index is 0.0395.